The molecule has 1 saturated heterocycles. The molecule has 6 heteroatoms. The van der Waals surface area contributed by atoms with Crippen molar-refractivity contribution in [2.45, 2.75) is 25.4 Å². The van der Waals surface area contributed by atoms with Crippen LogP contribution < -0.4 is 5.32 Å². The highest BCUT2D eigenvalue weighted by molar-refractivity contribution is 5.81. The number of carbonyl (C=O) groups excluding carboxylic acids is 1. The first-order valence-electron chi connectivity index (χ1n) is 6.92. The Morgan fingerprint density at radius 3 is 2.55 bits per heavy atom. The van der Waals surface area contributed by atoms with Gasteiger partial charge in [-0.25, -0.2) is 0 Å². The fraction of sp³-hybridized carbons (Fsp3) is 0.500. The smallest absolute Gasteiger partial charge is 0.269 e. The number of nitro benzene ring substituents is 1. The molecule has 1 unspecified atom stereocenters. The molecule has 106 valence electrons. The molecular formula is C14H17N3O3. The molecule has 1 amide bonds. The van der Waals surface area contributed by atoms with E-state index in [1.165, 1.54) is 31.4 Å². The number of hydrogen-bond donors (Lipinski definition) is 1. The van der Waals surface area contributed by atoms with Crippen LogP contribution in [0.4, 0.5) is 5.69 Å². The maximum absolute atomic E-state index is 12.0. The van der Waals surface area contributed by atoms with Crippen LogP contribution in [0.5, 0.6) is 0 Å². The molecule has 2 fully saturated rings. The minimum absolute atomic E-state index is 0.0728. The Balaban J connectivity index is 1.76. The summed E-state index contributed by atoms with van der Waals surface area (Å²) in [7, 11) is 0. The van der Waals surface area contributed by atoms with Crippen LogP contribution in [0.25, 0.3) is 0 Å². The van der Waals surface area contributed by atoms with E-state index in [2.05, 4.69) is 5.32 Å². The lowest BCUT2D eigenvalue weighted by Crippen LogP contribution is -2.36. The summed E-state index contributed by atoms with van der Waals surface area (Å²) in [5.41, 5.74) is 0.976. The topological polar surface area (TPSA) is 75.5 Å². The maximum atomic E-state index is 12.0. The zero-order chi connectivity index (χ0) is 14.1. The van der Waals surface area contributed by atoms with Crippen LogP contribution in [0.3, 0.4) is 0 Å². The number of rotatable bonds is 4. The minimum Gasteiger partial charge on any atom is -0.322 e. The Morgan fingerprint density at radius 2 is 2.00 bits per heavy atom. The Hall–Kier alpha value is -1.95. The largest absolute Gasteiger partial charge is 0.322 e. The van der Waals surface area contributed by atoms with Gasteiger partial charge in [0, 0.05) is 18.7 Å². The third kappa shape index (κ3) is 2.38. The fourth-order valence-electron chi connectivity index (χ4n) is 2.78. The molecule has 1 aromatic rings. The molecule has 1 atom stereocenters. The molecule has 1 aromatic carbocycles. The van der Waals surface area contributed by atoms with E-state index in [1.54, 1.807) is 12.1 Å². The highest BCUT2D eigenvalue weighted by Crippen LogP contribution is 2.31. The second kappa shape index (κ2) is 5.20. The number of nitrogens with one attached hydrogen (secondary N) is 1. The molecule has 1 saturated carbocycles. The molecule has 1 heterocycles. The van der Waals surface area contributed by atoms with Crippen molar-refractivity contribution in [1.29, 1.82) is 0 Å². The molecule has 0 aromatic heterocycles. The zero-order valence-electron chi connectivity index (χ0n) is 11.1. The molecule has 0 spiro atoms. The van der Waals surface area contributed by atoms with Crippen molar-refractivity contribution >= 4 is 11.6 Å². The number of hydrogen-bond acceptors (Lipinski definition) is 4. The number of benzene rings is 1. The van der Waals surface area contributed by atoms with Gasteiger partial charge in [-0.1, -0.05) is 6.42 Å². The van der Waals surface area contributed by atoms with Crippen molar-refractivity contribution in [3.63, 3.8) is 0 Å². The Kier molecular flexibility index (Phi) is 3.40. The summed E-state index contributed by atoms with van der Waals surface area (Å²) in [6.45, 7) is 1.13. The predicted octanol–water partition coefficient (Wildman–Crippen LogP) is 1.83. The molecule has 1 N–H and O–H groups in total. The average Bonchev–Trinajstić information content (AvgIpc) is 2.75. The summed E-state index contributed by atoms with van der Waals surface area (Å²) >= 11 is 0. The number of nitro groups is 1. The van der Waals surface area contributed by atoms with Crippen LogP contribution >= 0.6 is 0 Å². The van der Waals surface area contributed by atoms with Crippen molar-refractivity contribution in [1.82, 2.24) is 10.2 Å². The van der Waals surface area contributed by atoms with E-state index in [1.807, 2.05) is 4.90 Å². The van der Waals surface area contributed by atoms with Gasteiger partial charge in [0.05, 0.1) is 11.5 Å². The van der Waals surface area contributed by atoms with E-state index in [-0.39, 0.29) is 17.8 Å². The van der Waals surface area contributed by atoms with Crippen molar-refractivity contribution in [3.05, 3.63) is 39.9 Å². The summed E-state index contributed by atoms with van der Waals surface area (Å²) in [6.07, 6.45) is 3.49. The molecule has 1 aliphatic heterocycles. The SMILES string of the molecule is O=C1CNC(c2ccc([N+](=O)[O-])cc2)N1CC1CCC1. The van der Waals surface area contributed by atoms with Gasteiger partial charge in [-0.3, -0.25) is 20.2 Å². The van der Waals surface area contributed by atoms with E-state index in [0.29, 0.717) is 12.5 Å². The maximum Gasteiger partial charge on any atom is 0.269 e. The lowest BCUT2D eigenvalue weighted by molar-refractivity contribution is -0.384. The van der Waals surface area contributed by atoms with Gasteiger partial charge in [0.1, 0.15) is 6.17 Å². The van der Waals surface area contributed by atoms with E-state index >= 15 is 0 Å². The monoisotopic (exact) mass is 275 g/mol. The molecule has 0 radical (unpaired) electrons. The first-order chi connectivity index (χ1) is 9.65. The first-order valence-corrected chi connectivity index (χ1v) is 6.92. The van der Waals surface area contributed by atoms with E-state index in [9.17, 15) is 14.9 Å². The highest BCUT2D eigenvalue weighted by atomic mass is 16.6. The van der Waals surface area contributed by atoms with Gasteiger partial charge in [0.25, 0.3) is 5.69 Å². The van der Waals surface area contributed by atoms with Crippen molar-refractivity contribution in [2.75, 3.05) is 13.1 Å². The van der Waals surface area contributed by atoms with Crippen LogP contribution in [0.15, 0.2) is 24.3 Å². The van der Waals surface area contributed by atoms with Crippen LogP contribution in [0.1, 0.15) is 31.0 Å². The summed E-state index contributed by atoms with van der Waals surface area (Å²) in [5, 5.41) is 13.8. The van der Waals surface area contributed by atoms with E-state index < -0.39 is 4.92 Å². The molecule has 20 heavy (non-hydrogen) atoms. The minimum atomic E-state index is -0.414. The number of non-ortho nitro benzene ring substituents is 1. The zero-order valence-corrected chi connectivity index (χ0v) is 11.1. The van der Waals surface area contributed by atoms with Crippen LogP contribution in [0.2, 0.25) is 0 Å². The second-order valence-electron chi connectivity index (χ2n) is 5.48. The first kappa shape index (κ1) is 13.1. The quantitative estimate of drug-likeness (QED) is 0.672. The fourth-order valence-corrected chi connectivity index (χ4v) is 2.78. The van der Waals surface area contributed by atoms with Crippen LogP contribution in [-0.2, 0) is 4.79 Å². The summed E-state index contributed by atoms with van der Waals surface area (Å²) in [6, 6.07) is 6.42. The third-order valence-corrected chi connectivity index (χ3v) is 4.18. The lowest BCUT2D eigenvalue weighted by atomic mass is 9.85. The normalized spacial score (nSPS) is 22.9. The average molecular weight is 275 g/mol. The number of amides is 1. The number of nitrogens with zero attached hydrogens (tertiary/aromatic N) is 2. The lowest BCUT2D eigenvalue weighted by Gasteiger charge is -2.33. The molecule has 1 aliphatic carbocycles. The van der Waals surface area contributed by atoms with Gasteiger partial charge >= 0.3 is 0 Å². The molecular weight excluding hydrogens is 258 g/mol. The van der Waals surface area contributed by atoms with Gasteiger partial charge in [-0.05, 0) is 36.5 Å². The molecule has 0 bridgehead atoms. The predicted molar refractivity (Wildman–Crippen MR) is 72.9 cm³/mol. The van der Waals surface area contributed by atoms with E-state index in [0.717, 1.165) is 12.1 Å². The Morgan fingerprint density at radius 1 is 1.30 bits per heavy atom. The highest BCUT2D eigenvalue weighted by Gasteiger charge is 2.34. The summed E-state index contributed by atoms with van der Waals surface area (Å²) < 4.78 is 0. The van der Waals surface area contributed by atoms with Crippen LogP contribution in [-0.4, -0.2) is 28.8 Å². The van der Waals surface area contributed by atoms with E-state index in [4.69, 9.17) is 0 Å². The Bertz CT molecular complexity index is 525. The molecule has 2 aliphatic rings. The van der Waals surface area contributed by atoms with Gasteiger partial charge < -0.3 is 4.90 Å². The molecule has 3 rings (SSSR count). The van der Waals surface area contributed by atoms with Gasteiger partial charge in [0.15, 0.2) is 0 Å². The standard InChI is InChI=1S/C14H17N3O3/c18-13-8-15-14(16(13)9-10-2-1-3-10)11-4-6-12(7-5-11)17(19)20/h4-7,10,14-15H,1-3,8-9H2. The van der Waals surface area contributed by atoms with Gasteiger partial charge in [0.2, 0.25) is 5.91 Å². The summed E-state index contributed by atoms with van der Waals surface area (Å²) in [5.74, 6) is 0.722. The number of carbonyl (C=O) groups is 1. The Labute approximate surface area is 116 Å². The third-order valence-electron chi connectivity index (χ3n) is 4.18. The van der Waals surface area contributed by atoms with Crippen molar-refractivity contribution < 1.29 is 9.72 Å². The summed E-state index contributed by atoms with van der Waals surface area (Å²) in [4.78, 5) is 24.1. The van der Waals surface area contributed by atoms with Gasteiger partial charge in [-0.2, -0.15) is 0 Å². The van der Waals surface area contributed by atoms with Crippen molar-refractivity contribution in [2.24, 2.45) is 5.92 Å². The molecule has 6 nitrogen and oxygen atoms in total. The van der Waals surface area contributed by atoms with Gasteiger partial charge in [-0.15, -0.1) is 0 Å². The second-order valence-corrected chi connectivity index (χ2v) is 5.48. The van der Waals surface area contributed by atoms with Crippen LogP contribution in [0, 0.1) is 16.0 Å². The van der Waals surface area contributed by atoms with Crippen molar-refractivity contribution in [3.8, 4) is 0 Å².